The van der Waals surface area contributed by atoms with E-state index in [1.807, 2.05) is 6.92 Å². The standard InChI is InChI=1S/C15H24FNO/c1-12-5-6-13(16)11-14(12)18-10-9-17-8-7-15(2,3)4/h5-6,11,17H,7-10H2,1-4H3. The Bertz CT molecular complexity index is 371. The summed E-state index contributed by atoms with van der Waals surface area (Å²) >= 11 is 0. The molecule has 0 saturated heterocycles. The highest BCUT2D eigenvalue weighted by molar-refractivity contribution is 5.32. The fraction of sp³-hybridized carbons (Fsp3) is 0.600. The monoisotopic (exact) mass is 253 g/mol. The van der Waals surface area contributed by atoms with Crippen LogP contribution in [-0.4, -0.2) is 19.7 Å². The van der Waals surface area contributed by atoms with E-state index >= 15 is 0 Å². The molecule has 0 radical (unpaired) electrons. The molecule has 2 nitrogen and oxygen atoms in total. The van der Waals surface area contributed by atoms with Gasteiger partial charge in [-0.1, -0.05) is 26.8 Å². The number of halogens is 1. The summed E-state index contributed by atoms with van der Waals surface area (Å²) < 4.78 is 18.6. The Balaban J connectivity index is 2.20. The van der Waals surface area contributed by atoms with Gasteiger partial charge in [0.2, 0.25) is 0 Å². The molecule has 0 aliphatic carbocycles. The second-order valence-electron chi connectivity index (χ2n) is 5.82. The van der Waals surface area contributed by atoms with Crippen molar-refractivity contribution in [1.82, 2.24) is 5.32 Å². The van der Waals surface area contributed by atoms with Gasteiger partial charge in [-0.3, -0.25) is 0 Å². The average molecular weight is 253 g/mol. The molecular formula is C15H24FNO. The van der Waals surface area contributed by atoms with Crippen molar-refractivity contribution in [2.75, 3.05) is 19.7 Å². The Labute approximate surface area is 110 Å². The quantitative estimate of drug-likeness (QED) is 0.783. The van der Waals surface area contributed by atoms with E-state index in [1.165, 1.54) is 12.1 Å². The first-order chi connectivity index (χ1) is 8.38. The molecule has 0 heterocycles. The SMILES string of the molecule is Cc1ccc(F)cc1OCCNCCC(C)(C)C. The van der Waals surface area contributed by atoms with Crippen LogP contribution >= 0.6 is 0 Å². The van der Waals surface area contributed by atoms with Crippen molar-refractivity contribution in [2.45, 2.75) is 34.1 Å². The molecular weight excluding hydrogens is 229 g/mol. The summed E-state index contributed by atoms with van der Waals surface area (Å²) in [6.07, 6.45) is 1.13. The molecule has 0 amide bonds. The zero-order valence-corrected chi connectivity index (χ0v) is 11.8. The molecule has 0 aliphatic heterocycles. The fourth-order valence-electron chi connectivity index (χ4n) is 1.55. The zero-order valence-electron chi connectivity index (χ0n) is 11.8. The average Bonchev–Trinajstić information content (AvgIpc) is 2.26. The van der Waals surface area contributed by atoms with E-state index in [1.54, 1.807) is 6.07 Å². The lowest BCUT2D eigenvalue weighted by molar-refractivity contribution is 0.301. The lowest BCUT2D eigenvalue weighted by atomic mass is 9.92. The summed E-state index contributed by atoms with van der Waals surface area (Å²) in [7, 11) is 0. The molecule has 0 unspecified atom stereocenters. The van der Waals surface area contributed by atoms with Gasteiger partial charge < -0.3 is 10.1 Å². The number of rotatable bonds is 6. The van der Waals surface area contributed by atoms with E-state index in [0.29, 0.717) is 17.8 Å². The Morgan fingerprint density at radius 1 is 1.22 bits per heavy atom. The second kappa shape index (κ2) is 6.74. The van der Waals surface area contributed by atoms with Gasteiger partial charge in [-0.05, 0) is 36.9 Å². The van der Waals surface area contributed by atoms with Crippen LogP contribution in [0.15, 0.2) is 18.2 Å². The third-order valence-electron chi connectivity index (χ3n) is 2.74. The van der Waals surface area contributed by atoms with Gasteiger partial charge in [-0.15, -0.1) is 0 Å². The van der Waals surface area contributed by atoms with E-state index in [-0.39, 0.29) is 5.82 Å². The van der Waals surface area contributed by atoms with E-state index in [4.69, 9.17) is 4.74 Å². The van der Waals surface area contributed by atoms with Crippen LogP contribution in [0.4, 0.5) is 4.39 Å². The summed E-state index contributed by atoms with van der Waals surface area (Å²) in [5.74, 6) is 0.379. The van der Waals surface area contributed by atoms with Crippen molar-refractivity contribution >= 4 is 0 Å². The van der Waals surface area contributed by atoms with E-state index in [2.05, 4.69) is 26.1 Å². The van der Waals surface area contributed by atoms with Crippen molar-refractivity contribution in [3.63, 3.8) is 0 Å². The summed E-state index contributed by atoms with van der Waals surface area (Å²) in [5.41, 5.74) is 1.32. The molecule has 18 heavy (non-hydrogen) atoms. The third kappa shape index (κ3) is 6.01. The summed E-state index contributed by atoms with van der Waals surface area (Å²) in [5, 5.41) is 3.33. The van der Waals surface area contributed by atoms with Gasteiger partial charge in [0, 0.05) is 12.6 Å². The Morgan fingerprint density at radius 2 is 1.94 bits per heavy atom. The number of ether oxygens (including phenoxy) is 1. The van der Waals surface area contributed by atoms with Crippen molar-refractivity contribution < 1.29 is 9.13 Å². The Morgan fingerprint density at radius 3 is 2.61 bits per heavy atom. The Hall–Kier alpha value is -1.09. The lowest BCUT2D eigenvalue weighted by Gasteiger charge is -2.18. The van der Waals surface area contributed by atoms with E-state index in [9.17, 15) is 4.39 Å². The van der Waals surface area contributed by atoms with Gasteiger partial charge in [-0.25, -0.2) is 4.39 Å². The van der Waals surface area contributed by atoms with Crippen molar-refractivity contribution in [2.24, 2.45) is 5.41 Å². The molecule has 1 aromatic carbocycles. The normalized spacial score (nSPS) is 11.6. The minimum absolute atomic E-state index is 0.253. The molecule has 0 spiro atoms. The van der Waals surface area contributed by atoms with Crippen LogP contribution in [0.5, 0.6) is 5.75 Å². The maximum atomic E-state index is 13.0. The molecule has 1 aromatic rings. The summed E-state index contributed by atoms with van der Waals surface area (Å²) in [4.78, 5) is 0. The van der Waals surface area contributed by atoms with Gasteiger partial charge in [-0.2, -0.15) is 0 Å². The fourth-order valence-corrected chi connectivity index (χ4v) is 1.55. The van der Waals surface area contributed by atoms with Crippen LogP contribution in [0.2, 0.25) is 0 Å². The first kappa shape index (κ1) is 15.0. The smallest absolute Gasteiger partial charge is 0.126 e. The maximum Gasteiger partial charge on any atom is 0.126 e. The van der Waals surface area contributed by atoms with Crippen LogP contribution in [0.3, 0.4) is 0 Å². The number of hydrogen-bond acceptors (Lipinski definition) is 2. The van der Waals surface area contributed by atoms with Crippen molar-refractivity contribution in [3.8, 4) is 5.75 Å². The topological polar surface area (TPSA) is 21.3 Å². The lowest BCUT2D eigenvalue weighted by Crippen LogP contribution is -2.25. The van der Waals surface area contributed by atoms with E-state index in [0.717, 1.165) is 25.1 Å². The van der Waals surface area contributed by atoms with Gasteiger partial charge >= 0.3 is 0 Å². The molecule has 0 bridgehead atoms. The molecule has 3 heteroatoms. The molecule has 0 aromatic heterocycles. The second-order valence-corrected chi connectivity index (χ2v) is 5.82. The minimum atomic E-state index is -0.253. The zero-order chi connectivity index (χ0) is 13.6. The number of aryl methyl sites for hydroxylation is 1. The largest absolute Gasteiger partial charge is 0.492 e. The molecule has 0 atom stereocenters. The summed E-state index contributed by atoms with van der Waals surface area (Å²) in [6.45, 7) is 10.9. The molecule has 1 N–H and O–H groups in total. The van der Waals surface area contributed by atoms with Crippen LogP contribution in [0.1, 0.15) is 32.8 Å². The first-order valence-electron chi connectivity index (χ1n) is 6.48. The van der Waals surface area contributed by atoms with Crippen LogP contribution in [-0.2, 0) is 0 Å². The van der Waals surface area contributed by atoms with E-state index < -0.39 is 0 Å². The predicted octanol–water partition coefficient (Wildman–Crippen LogP) is 3.54. The molecule has 1 rings (SSSR count). The third-order valence-corrected chi connectivity index (χ3v) is 2.74. The highest BCUT2D eigenvalue weighted by atomic mass is 19.1. The highest BCUT2D eigenvalue weighted by Crippen LogP contribution is 2.18. The van der Waals surface area contributed by atoms with Crippen LogP contribution in [0, 0.1) is 18.2 Å². The number of nitrogens with one attached hydrogen (secondary N) is 1. The molecule has 0 aliphatic rings. The van der Waals surface area contributed by atoms with Crippen LogP contribution in [0.25, 0.3) is 0 Å². The minimum Gasteiger partial charge on any atom is -0.492 e. The van der Waals surface area contributed by atoms with Gasteiger partial charge in [0.1, 0.15) is 18.2 Å². The van der Waals surface area contributed by atoms with Gasteiger partial charge in [0.05, 0.1) is 0 Å². The van der Waals surface area contributed by atoms with Crippen LogP contribution < -0.4 is 10.1 Å². The number of benzene rings is 1. The van der Waals surface area contributed by atoms with Crippen molar-refractivity contribution in [1.29, 1.82) is 0 Å². The molecule has 0 fully saturated rings. The molecule has 0 saturated carbocycles. The first-order valence-corrected chi connectivity index (χ1v) is 6.48. The summed E-state index contributed by atoms with van der Waals surface area (Å²) in [6, 6.07) is 4.62. The number of hydrogen-bond donors (Lipinski definition) is 1. The Kier molecular flexibility index (Phi) is 5.60. The molecule has 102 valence electrons. The predicted molar refractivity (Wildman–Crippen MR) is 73.6 cm³/mol. The van der Waals surface area contributed by atoms with Crippen molar-refractivity contribution in [3.05, 3.63) is 29.6 Å². The van der Waals surface area contributed by atoms with Gasteiger partial charge in [0.25, 0.3) is 0 Å². The maximum absolute atomic E-state index is 13.0. The highest BCUT2D eigenvalue weighted by Gasteiger charge is 2.08. The van der Waals surface area contributed by atoms with Gasteiger partial charge in [0.15, 0.2) is 0 Å².